The highest BCUT2D eigenvalue weighted by Gasteiger charge is 2.39. The van der Waals surface area contributed by atoms with Crippen LogP contribution >= 0.6 is 34.9 Å². The van der Waals surface area contributed by atoms with E-state index in [-0.39, 0.29) is 0 Å². The van der Waals surface area contributed by atoms with E-state index in [1.165, 1.54) is 23.3 Å². The normalized spacial score (nSPS) is 16.6. The van der Waals surface area contributed by atoms with Gasteiger partial charge in [0.2, 0.25) is 0 Å². The van der Waals surface area contributed by atoms with Gasteiger partial charge in [0.25, 0.3) is 0 Å². The maximum absolute atomic E-state index is 10.2. The monoisotopic (exact) mass is 353 g/mol. The molecule has 114 valence electrons. The van der Waals surface area contributed by atoms with E-state index >= 15 is 0 Å². The van der Waals surface area contributed by atoms with Gasteiger partial charge in [-0.25, -0.2) is 4.98 Å². The van der Waals surface area contributed by atoms with Gasteiger partial charge in [-0.15, -0.1) is 11.3 Å². The number of nitrogens with zero attached hydrogens (tertiary/aromatic N) is 1. The van der Waals surface area contributed by atoms with Gasteiger partial charge in [-0.05, 0) is 6.07 Å². The number of ether oxygens (including phenoxy) is 1. The average Bonchev–Trinajstić information content (AvgIpc) is 3.11. The van der Waals surface area contributed by atoms with E-state index in [1.54, 1.807) is 12.4 Å². The Hall–Kier alpha value is -1.25. The Kier molecular flexibility index (Phi) is 3.54. The second-order valence-electron chi connectivity index (χ2n) is 5.08. The summed E-state index contributed by atoms with van der Waals surface area (Å²) in [4.78, 5) is 8.33. The quantitative estimate of drug-likeness (QED) is 0.625. The van der Waals surface area contributed by atoms with Crippen molar-refractivity contribution in [2.24, 2.45) is 0 Å². The summed E-state index contributed by atoms with van der Waals surface area (Å²) in [7, 11) is 0. The van der Waals surface area contributed by atoms with Crippen LogP contribution in [0.2, 0.25) is 5.02 Å². The second kappa shape index (κ2) is 5.43. The maximum atomic E-state index is 10.2. The molecule has 5 nitrogen and oxygen atoms in total. The van der Waals surface area contributed by atoms with Gasteiger partial charge in [0, 0.05) is 29.7 Å². The molecule has 1 aromatic carbocycles. The van der Waals surface area contributed by atoms with Crippen LogP contribution < -0.4 is 4.72 Å². The molecular weight excluding hydrogens is 342 g/mol. The lowest BCUT2D eigenvalue weighted by Gasteiger charge is -2.34. The van der Waals surface area contributed by atoms with E-state index < -0.39 is 5.60 Å². The summed E-state index contributed by atoms with van der Waals surface area (Å²) in [5, 5.41) is 11.9. The first kappa shape index (κ1) is 14.3. The maximum Gasteiger partial charge on any atom is 0.170 e. The fourth-order valence-corrected chi connectivity index (χ4v) is 4.21. The minimum Gasteiger partial charge on any atom is -0.379 e. The first-order valence-electron chi connectivity index (χ1n) is 6.61. The predicted molar refractivity (Wildman–Crippen MR) is 89.6 cm³/mol. The number of fused-ring (bicyclic) bond motifs is 1. The van der Waals surface area contributed by atoms with E-state index in [0.29, 0.717) is 18.2 Å². The van der Waals surface area contributed by atoms with Crippen LogP contribution in [0.3, 0.4) is 0 Å². The number of nitrogens with one attached hydrogen (secondary N) is 2. The lowest BCUT2D eigenvalue weighted by molar-refractivity contribution is -0.182. The number of aliphatic hydroxyl groups is 1. The van der Waals surface area contributed by atoms with Crippen LogP contribution in [0.15, 0.2) is 34.9 Å². The minimum atomic E-state index is -0.858. The molecule has 0 spiro atoms. The Balaban J connectivity index is 1.52. The van der Waals surface area contributed by atoms with Crippen molar-refractivity contribution >= 4 is 51.5 Å². The molecule has 4 rings (SSSR count). The van der Waals surface area contributed by atoms with E-state index in [4.69, 9.17) is 16.3 Å². The van der Waals surface area contributed by atoms with Crippen LogP contribution in [-0.2, 0) is 10.3 Å². The van der Waals surface area contributed by atoms with Crippen molar-refractivity contribution in [1.29, 1.82) is 0 Å². The van der Waals surface area contributed by atoms with Gasteiger partial charge in [0.15, 0.2) is 4.34 Å². The zero-order valence-corrected chi connectivity index (χ0v) is 13.7. The average molecular weight is 354 g/mol. The van der Waals surface area contributed by atoms with Crippen molar-refractivity contribution < 1.29 is 9.84 Å². The van der Waals surface area contributed by atoms with E-state index in [0.717, 1.165) is 25.8 Å². The van der Waals surface area contributed by atoms with Gasteiger partial charge in [-0.1, -0.05) is 23.7 Å². The zero-order chi connectivity index (χ0) is 15.2. The van der Waals surface area contributed by atoms with Crippen LogP contribution in [0.4, 0.5) is 5.69 Å². The Bertz CT molecular complexity index is 828. The summed E-state index contributed by atoms with van der Waals surface area (Å²) in [6, 6.07) is 5.90. The molecule has 0 unspecified atom stereocenters. The van der Waals surface area contributed by atoms with Crippen molar-refractivity contribution in [3.8, 4) is 0 Å². The van der Waals surface area contributed by atoms with Crippen molar-refractivity contribution in [3.05, 3.63) is 40.5 Å². The molecular formula is C14H12ClN3O2S2. The van der Waals surface area contributed by atoms with Crippen LogP contribution in [0.25, 0.3) is 10.9 Å². The Labute approximate surface area is 139 Å². The minimum absolute atomic E-state index is 0.340. The molecule has 1 saturated heterocycles. The summed E-state index contributed by atoms with van der Waals surface area (Å²) >= 11 is 9.00. The molecule has 3 heterocycles. The Morgan fingerprint density at radius 1 is 1.45 bits per heavy atom. The van der Waals surface area contributed by atoms with Gasteiger partial charge in [0.1, 0.15) is 5.60 Å². The van der Waals surface area contributed by atoms with Gasteiger partial charge in [-0.2, -0.15) is 0 Å². The van der Waals surface area contributed by atoms with E-state index in [2.05, 4.69) is 14.7 Å². The number of aromatic nitrogens is 2. The zero-order valence-electron chi connectivity index (χ0n) is 11.3. The highest BCUT2D eigenvalue weighted by molar-refractivity contribution is 8.02. The molecule has 0 amide bonds. The predicted octanol–water partition coefficient (Wildman–Crippen LogP) is 3.61. The molecule has 8 heteroatoms. The van der Waals surface area contributed by atoms with Crippen LogP contribution in [0.1, 0.15) is 4.88 Å². The largest absolute Gasteiger partial charge is 0.379 e. The van der Waals surface area contributed by atoms with Crippen LogP contribution in [0.5, 0.6) is 0 Å². The van der Waals surface area contributed by atoms with Crippen LogP contribution in [-0.4, -0.2) is 28.3 Å². The number of H-pyrrole nitrogens is 1. The van der Waals surface area contributed by atoms with Gasteiger partial charge < -0.3 is 19.5 Å². The molecule has 0 bridgehead atoms. The van der Waals surface area contributed by atoms with Crippen molar-refractivity contribution in [3.63, 3.8) is 0 Å². The van der Waals surface area contributed by atoms with Gasteiger partial charge in [0.05, 0.1) is 34.3 Å². The molecule has 3 aromatic rings. The number of para-hydroxylation sites is 1. The molecule has 2 aromatic heterocycles. The highest BCUT2D eigenvalue weighted by atomic mass is 35.5. The summed E-state index contributed by atoms with van der Waals surface area (Å²) in [5.74, 6) is 0. The number of thiazole rings is 1. The third kappa shape index (κ3) is 2.39. The fraction of sp³-hybridized carbons (Fsp3) is 0.214. The Morgan fingerprint density at radius 2 is 2.32 bits per heavy atom. The molecule has 1 aliphatic heterocycles. The van der Waals surface area contributed by atoms with Gasteiger partial charge in [-0.3, -0.25) is 0 Å². The third-order valence-electron chi connectivity index (χ3n) is 3.54. The van der Waals surface area contributed by atoms with Gasteiger partial charge >= 0.3 is 0 Å². The van der Waals surface area contributed by atoms with Crippen molar-refractivity contribution in [1.82, 2.24) is 9.97 Å². The molecule has 0 saturated carbocycles. The van der Waals surface area contributed by atoms with Crippen molar-refractivity contribution in [2.45, 2.75) is 9.94 Å². The topological polar surface area (TPSA) is 70.2 Å². The number of hydrogen-bond acceptors (Lipinski definition) is 6. The smallest absolute Gasteiger partial charge is 0.170 e. The fourth-order valence-electron chi connectivity index (χ4n) is 2.26. The SMILES string of the molecule is OC1(c2cnc(SNc3cccc4c(Cl)c[nH]c34)s2)COC1. The van der Waals surface area contributed by atoms with Crippen molar-refractivity contribution in [2.75, 3.05) is 17.9 Å². The van der Waals surface area contributed by atoms with E-state index in [9.17, 15) is 5.11 Å². The summed E-state index contributed by atoms with van der Waals surface area (Å²) in [5.41, 5.74) is 1.04. The second-order valence-corrected chi connectivity index (χ2v) is 7.57. The number of rotatable bonds is 4. The lowest BCUT2D eigenvalue weighted by Crippen LogP contribution is -2.45. The molecule has 1 aliphatic rings. The number of aromatic amines is 1. The molecule has 0 radical (unpaired) electrons. The molecule has 0 aliphatic carbocycles. The lowest BCUT2D eigenvalue weighted by atomic mass is 10.0. The standard InChI is InChI=1S/C14H12ClN3O2S2/c15-9-4-16-12-8(9)2-1-3-10(12)18-22-13-17-5-11(21-13)14(19)6-20-7-14/h1-5,16,18-19H,6-7H2. The number of halogens is 1. The first-order valence-corrected chi connectivity index (χ1v) is 8.62. The first-order chi connectivity index (χ1) is 10.7. The molecule has 3 N–H and O–H groups in total. The van der Waals surface area contributed by atoms with E-state index in [1.807, 2.05) is 18.2 Å². The Morgan fingerprint density at radius 3 is 3.09 bits per heavy atom. The third-order valence-corrected chi connectivity index (χ3v) is 5.94. The number of anilines is 1. The summed E-state index contributed by atoms with van der Waals surface area (Å²) in [6.07, 6.45) is 3.49. The molecule has 22 heavy (non-hydrogen) atoms. The van der Waals surface area contributed by atoms with Crippen LogP contribution in [0, 0.1) is 0 Å². The number of hydrogen-bond donors (Lipinski definition) is 3. The highest BCUT2D eigenvalue weighted by Crippen LogP contribution is 2.37. The molecule has 0 atom stereocenters. The summed E-state index contributed by atoms with van der Waals surface area (Å²) < 4.78 is 9.19. The number of benzene rings is 1. The summed E-state index contributed by atoms with van der Waals surface area (Å²) in [6.45, 7) is 0.681. The molecule has 1 fully saturated rings.